The Morgan fingerprint density at radius 1 is 1.12 bits per heavy atom. The van der Waals surface area contributed by atoms with Crippen molar-refractivity contribution in [2.75, 3.05) is 18.0 Å². The van der Waals surface area contributed by atoms with Crippen LogP contribution in [0.3, 0.4) is 0 Å². The van der Waals surface area contributed by atoms with Crippen LogP contribution in [-0.2, 0) is 0 Å². The summed E-state index contributed by atoms with van der Waals surface area (Å²) in [7, 11) is 0. The maximum atomic E-state index is 6.02. The Morgan fingerprint density at radius 3 is 2.38 bits per heavy atom. The van der Waals surface area contributed by atoms with Crippen molar-refractivity contribution in [3.8, 4) is 0 Å². The molecule has 2 N–H and O–H groups in total. The first kappa shape index (κ1) is 11.5. The number of nitrogens with two attached hydrogens (primary N) is 1. The van der Waals surface area contributed by atoms with E-state index >= 15 is 0 Å². The molecule has 0 radical (unpaired) electrons. The summed E-state index contributed by atoms with van der Waals surface area (Å²) in [4.78, 5) is 2.49. The molecule has 2 rings (SSSR count). The molecule has 0 aromatic heterocycles. The van der Waals surface area contributed by atoms with Gasteiger partial charge in [-0.15, -0.1) is 0 Å². The van der Waals surface area contributed by atoms with Crippen LogP contribution < -0.4 is 10.6 Å². The van der Waals surface area contributed by atoms with E-state index in [0.29, 0.717) is 5.92 Å². The molecule has 1 aromatic carbocycles. The van der Waals surface area contributed by atoms with Gasteiger partial charge in [0.25, 0.3) is 0 Å². The Morgan fingerprint density at radius 2 is 1.75 bits per heavy atom. The molecule has 16 heavy (non-hydrogen) atoms. The molecule has 88 valence electrons. The lowest BCUT2D eigenvalue weighted by atomic mass is 9.93. The summed E-state index contributed by atoms with van der Waals surface area (Å²) in [5.41, 5.74) is 8.81. The molecule has 1 aliphatic rings. The highest BCUT2D eigenvalue weighted by Crippen LogP contribution is 2.31. The molecule has 2 unspecified atom stereocenters. The Balaban J connectivity index is 2.29. The summed E-state index contributed by atoms with van der Waals surface area (Å²) in [5, 5.41) is 0. The first-order valence-electron chi connectivity index (χ1n) is 6.29. The SMILES string of the molecule is CC(N)C(C)c1ccccc1N1CCCC1. The van der Waals surface area contributed by atoms with Gasteiger partial charge in [-0.2, -0.15) is 0 Å². The molecule has 0 spiro atoms. The van der Waals surface area contributed by atoms with E-state index in [4.69, 9.17) is 5.73 Å². The van der Waals surface area contributed by atoms with Crippen molar-refractivity contribution >= 4 is 5.69 Å². The monoisotopic (exact) mass is 218 g/mol. The van der Waals surface area contributed by atoms with Crippen LogP contribution in [0.25, 0.3) is 0 Å². The zero-order chi connectivity index (χ0) is 11.5. The van der Waals surface area contributed by atoms with Crippen molar-refractivity contribution in [3.05, 3.63) is 29.8 Å². The normalized spacial score (nSPS) is 19.8. The van der Waals surface area contributed by atoms with Gasteiger partial charge < -0.3 is 10.6 Å². The molecule has 0 amide bonds. The van der Waals surface area contributed by atoms with Gasteiger partial charge in [0.1, 0.15) is 0 Å². The minimum Gasteiger partial charge on any atom is -0.371 e. The molecule has 0 aliphatic carbocycles. The summed E-state index contributed by atoms with van der Waals surface area (Å²) >= 11 is 0. The molecule has 0 saturated carbocycles. The van der Waals surface area contributed by atoms with Crippen LogP contribution in [0.2, 0.25) is 0 Å². The van der Waals surface area contributed by atoms with Crippen molar-refractivity contribution < 1.29 is 0 Å². The Bertz CT molecular complexity index is 319. The second-order valence-electron chi connectivity index (χ2n) is 4.90. The van der Waals surface area contributed by atoms with E-state index in [0.717, 1.165) is 0 Å². The highest BCUT2D eigenvalue weighted by Gasteiger charge is 2.19. The molecule has 1 aliphatic heterocycles. The first-order valence-corrected chi connectivity index (χ1v) is 6.29. The van der Waals surface area contributed by atoms with Gasteiger partial charge >= 0.3 is 0 Å². The summed E-state index contributed by atoms with van der Waals surface area (Å²) in [5.74, 6) is 0.428. The number of nitrogens with zero attached hydrogens (tertiary/aromatic N) is 1. The number of benzene rings is 1. The molecule has 1 heterocycles. The van der Waals surface area contributed by atoms with E-state index in [1.165, 1.54) is 37.2 Å². The second kappa shape index (κ2) is 4.88. The van der Waals surface area contributed by atoms with Crippen LogP contribution in [0.15, 0.2) is 24.3 Å². The summed E-state index contributed by atoms with van der Waals surface area (Å²) in [6.07, 6.45) is 2.64. The first-order chi connectivity index (χ1) is 7.70. The predicted octanol–water partition coefficient (Wildman–Crippen LogP) is 2.74. The van der Waals surface area contributed by atoms with Gasteiger partial charge in [0, 0.05) is 24.8 Å². The lowest BCUT2D eigenvalue weighted by molar-refractivity contribution is 0.612. The minimum atomic E-state index is 0.212. The summed E-state index contributed by atoms with van der Waals surface area (Å²) < 4.78 is 0. The lowest BCUT2D eigenvalue weighted by Crippen LogP contribution is -2.26. The highest BCUT2D eigenvalue weighted by molar-refractivity contribution is 5.55. The van der Waals surface area contributed by atoms with Gasteiger partial charge in [0.2, 0.25) is 0 Å². The lowest BCUT2D eigenvalue weighted by Gasteiger charge is -2.26. The average molecular weight is 218 g/mol. The van der Waals surface area contributed by atoms with E-state index in [1.807, 2.05) is 0 Å². The largest absolute Gasteiger partial charge is 0.371 e. The van der Waals surface area contributed by atoms with Crippen LogP contribution in [0.1, 0.15) is 38.2 Å². The Hall–Kier alpha value is -1.02. The van der Waals surface area contributed by atoms with Gasteiger partial charge in [-0.05, 0) is 37.3 Å². The molecule has 2 heteroatoms. The standard InChI is InChI=1S/C14H22N2/c1-11(12(2)15)13-7-3-4-8-14(13)16-9-5-6-10-16/h3-4,7-8,11-12H,5-6,9-10,15H2,1-2H3. The maximum absolute atomic E-state index is 6.02. The van der Waals surface area contributed by atoms with Crippen molar-refractivity contribution in [2.45, 2.75) is 38.6 Å². The number of hydrogen-bond acceptors (Lipinski definition) is 2. The van der Waals surface area contributed by atoms with Crippen LogP contribution >= 0.6 is 0 Å². The van der Waals surface area contributed by atoms with Gasteiger partial charge in [0.05, 0.1) is 0 Å². The molecule has 2 atom stereocenters. The third-order valence-electron chi connectivity index (χ3n) is 3.66. The third kappa shape index (κ3) is 2.22. The summed E-state index contributed by atoms with van der Waals surface area (Å²) in [6.45, 7) is 6.70. The molecule has 1 saturated heterocycles. The fraction of sp³-hybridized carbons (Fsp3) is 0.571. The van der Waals surface area contributed by atoms with Crippen molar-refractivity contribution in [1.82, 2.24) is 0 Å². The molecule has 2 nitrogen and oxygen atoms in total. The zero-order valence-corrected chi connectivity index (χ0v) is 10.3. The second-order valence-corrected chi connectivity index (χ2v) is 4.90. The van der Waals surface area contributed by atoms with E-state index in [-0.39, 0.29) is 6.04 Å². The molecular formula is C14H22N2. The quantitative estimate of drug-likeness (QED) is 0.845. The zero-order valence-electron chi connectivity index (χ0n) is 10.3. The minimum absolute atomic E-state index is 0.212. The molecule has 1 aromatic rings. The van der Waals surface area contributed by atoms with Crippen LogP contribution in [0.5, 0.6) is 0 Å². The van der Waals surface area contributed by atoms with Crippen molar-refractivity contribution in [1.29, 1.82) is 0 Å². The van der Waals surface area contributed by atoms with Crippen molar-refractivity contribution in [3.63, 3.8) is 0 Å². The van der Waals surface area contributed by atoms with Crippen LogP contribution in [0, 0.1) is 0 Å². The Labute approximate surface area is 98.4 Å². The fourth-order valence-electron chi connectivity index (χ4n) is 2.40. The Kier molecular flexibility index (Phi) is 3.49. The maximum Gasteiger partial charge on any atom is 0.0402 e. The molecule has 1 fully saturated rings. The van der Waals surface area contributed by atoms with E-state index in [2.05, 4.69) is 43.0 Å². The third-order valence-corrected chi connectivity index (χ3v) is 3.66. The highest BCUT2D eigenvalue weighted by atomic mass is 15.1. The fourth-order valence-corrected chi connectivity index (χ4v) is 2.40. The van der Waals surface area contributed by atoms with Gasteiger partial charge in [0.15, 0.2) is 0 Å². The number of anilines is 1. The number of rotatable bonds is 3. The smallest absolute Gasteiger partial charge is 0.0402 e. The van der Waals surface area contributed by atoms with E-state index in [9.17, 15) is 0 Å². The van der Waals surface area contributed by atoms with Crippen LogP contribution in [0.4, 0.5) is 5.69 Å². The molecular weight excluding hydrogens is 196 g/mol. The topological polar surface area (TPSA) is 29.3 Å². The summed E-state index contributed by atoms with van der Waals surface area (Å²) in [6, 6.07) is 8.92. The van der Waals surface area contributed by atoms with E-state index in [1.54, 1.807) is 0 Å². The van der Waals surface area contributed by atoms with Gasteiger partial charge in [-0.3, -0.25) is 0 Å². The number of para-hydroxylation sites is 1. The van der Waals surface area contributed by atoms with Crippen LogP contribution in [-0.4, -0.2) is 19.1 Å². The predicted molar refractivity (Wildman–Crippen MR) is 70.0 cm³/mol. The number of hydrogen-bond donors (Lipinski definition) is 1. The van der Waals surface area contributed by atoms with Gasteiger partial charge in [-0.25, -0.2) is 0 Å². The van der Waals surface area contributed by atoms with Gasteiger partial charge in [-0.1, -0.05) is 25.1 Å². The average Bonchev–Trinajstić information content (AvgIpc) is 2.81. The molecule has 0 bridgehead atoms. The van der Waals surface area contributed by atoms with Crippen molar-refractivity contribution in [2.24, 2.45) is 5.73 Å². The van der Waals surface area contributed by atoms with E-state index < -0.39 is 0 Å².